The number of hydrogen-bond acceptors (Lipinski definition) is 3. The molecule has 4 N–H and O–H groups in total. The average molecular weight is 247 g/mol. The van der Waals surface area contributed by atoms with Crippen molar-refractivity contribution in [3.8, 4) is 0 Å². The quantitative estimate of drug-likeness (QED) is 0.767. The predicted octanol–water partition coefficient (Wildman–Crippen LogP) is 1.63. The fraction of sp³-hybridized carbons (Fsp3) is 0.333. The van der Waals surface area contributed by atoms with Crippen LogP contribution in [0.15, 0.2) is 18.3 Å². The molecule has 0 saturated heterocycles. The van der Waals surface area contributed by atoms with Crippen molar-refractivity contribution in [1.29, 1.82) is 0 Å². The molecule has 2 aromatic heterocycles. The standard InChI is InChI=1S/C12H17N5O/c1-3-9-6-11(16-15-9)14-12(18)10-5-8(13)7-17(10)4-2/h5-7H,3-4,13H2,1-2H3,(H2,14,15,16,18). The fourth-order valence-corrected chi connectivity index (χ4v) is 1.77. The molecule has 0 aliphatic rings. The van der Waals surface area contributed by atoms with Gasteiger partial charge in [-0.1, -0.05) is 6.92 Å². The highest BCUT2D eigenvalue weighted by atomic mass is 16.2. The number of aryl methyl sites for hydroxylation is 2. The molecule has 0 spiro atoms. The number of amides is 1. The summed E-state index contributed by atoms with van der Waals surface area (Å²) in [6.07, 6.45) is 2.60. The van der Waals surface area contributed by atoms with Gasteiger partial charge in [0.2, 0.25) is 0 Å². The Bertz CT molecular complexity index is 555. The van der Waals surface area contributed by atoms with Crippen LogP contribution in [0.1, 0.15) is 30.0 Å². The molecule has 18 heavy (non-hydrogen) atoms. The summed E-state index contributed by atoms with van der Waals surface area (Å²) in [4.78, 5) is 12.1. The molecular formula is C12H17N5O. The minimum absolute atomic E-state index is 0.206. The zero-order valence-corrected chi connectivity index (χ0v) is 10.5. The van der Waals surface area contributed by atoms with Gasteiger partial charge in [0.15, 0.2) is 5.82 Å². The Morgan fingerprint density at radius 3 is 2.89 bits per heavy atom. The van der Waals surface area contributed by atoms with Crippen molar-refractivity contribution in [2.75, 3.05) is 11.1 Å². The molecule has 2 rings (SSSR count). The summed E-state index contributed by atoms with van der Waals surface area (Å²) in [5.41, 5.74) is 7.79. The Morgan fingerprint density at radius 1 is 1.50 bits per heavy atom. The van der Waals surface area contributed by atoms with Crippen LogP contribution in [-0.4, -0.2) is 20.7 Å². The number of nitrogen functional groups attached to an aromatic ring is 1. The summed E-state index contributed by atoms with van der Waals surface area (Å²) in [6.45, 7) is 4.67. The fourth-order valence-electron chi connectivity index (χ4n) is 1.77. The SMILES string of the molecule is CCc1cc(NC(=O)c2cc(N)cn2CC)n[nH]1. The Labute approximate surface area is 105 Å². The number of rotatable bonds is 4. The molecule has 0 saturated carbocycles. The van der Waals surface area contributed by atoms with E-state index in [9.17, 15) is 4.79 Å². The van der Waals surface area contributed by atoms with Crippen molar-refractivity contribution in [2.45, 2.75) is 26.8 Å². The Balaban J connectivity index is 2.16. The summed E-state index contributed by atoms with van der Waals surface area (Å²) >= 11 is 0. The average Bonchev–Trinajstić information content (AvgIpc) is 2.95. The highest BCUT2D eigenvalue weighted by Gasteiger charge is 2.13. The van der Waals surface area contributed by atoms with Crippen LogP contribution in [0.4, 0.5) is 11.5 Å². The summed E-state index contributed by atoms with van der Waals surface area (Å²) in [6, 6.07) is 3.48. The molecule has 0 aliphatic heterocycles. The molecule has 1 amide bonds. The van der Waals surface area contributed by atoms with E-state index in [4.69, 9.17) is 5.73 Å². The second kappa shape index (κ2) is 4.95. The topological polar surface area (TPSA) is 88.7 Å². The van der Waals surface area contributed by atoms with E-state index in [1.54, 1.807) is 16.8 Å². The molecular weight excluding hydrogens is 230 g/mol. The number of hydrogen-bond donors (Lipinski definition) is 3. The van der Waals surface area contributed by atoms with Crippen LogP contribution in [0.2, 0.25) is 0 Å². The van der Waals surface area contributed by atoms with Gasteiger partial charge >= 0.3 is 0 Å². The van der Waals surface area contributed by atoms with Gasteiger partial charge in [0, 0.05) is 24.5 Å². The largest absolute Gasteiger partial charge is 0.397 e. The lowest BCUT2D eigenvalue weighted by atomic mass is 10.3. The third kappa shape index (κ3) is 2.37. The van der Waals surface area contributed by atoms with Crippen LogP contribution >= 0.6 is 0 Å². The zero-order valence-electron chi connectivity index (χ0n) is 10.5. The smallest absolute Gasteiger partial charge is 0.273 e. The number of H-pyrrole nitrogens is 1. The van der Waals surface area contributed by atoms with E-state index in [1.165, 1.54) is 0 Å². The number of aromatic nitrogens is 3. The van der Waals surface area contributed by atoms with Crippen LogP contribution in [0.25, 0.3) is 0 Å². The lowest BCUT2D eigenvalue weighted by Gasteiger charge is -2.05. The van der Waals surface area contributed by atoms with Crippen LogP contribution < -0.4 is 11.1 Å². The van der Waals surface area contributed by atoms with Crippen LogP contribution in [0.5, 0.6) is 0 Å². The van der Waals surface area contributed by atoms with Gasteiger partial charge in [-0.05, 0) is 19.4 Å². The van der Waals surface area contributed by atoms with E-state index in [0.717, 1.165) is 12.1 Å². The van der Waals surface area contributed by atoms with E-state index >= 15 is 0 Å². The van der Waals surface area contributed by atoms with Gasteiger partial charge in [-0.2, -0.15) is 5.10 Å². The molecule has 0 unspecified atom stereocenters. The van der Waals surface area contributed by atoms with E-state index in [-0.39, 0.29) is 5.91 Å². The van der Waals surface area contributed by atoms with E-state index in [1.807, 2.05) is 19.9 Å². The third-order valence-electron chi connectivity index (χ3n) is 2.74. The van der Waals surface area contributed by atoms with Crippen molar-refractivity contribution in [3.63, 3.8) is 0 Å². The van der Waals surface area contributed by atoms with Crippen LogP contribution in [0, 0.1) is 0 Å². The minimum atomic E-state index is -0.206. The highest BCUT2D eigenvalue weighted by molar-refractivity contribution is 6.03. The molecule has 0 aromatic carbocycles. The number of aromatic amines is 1. The Hall–Kier alpha value is -2.24. The molecule has 0 radical (unpaired) electrons. The monoisotopic (exact) mass is 247 g/mol. The van der Waals surface area contributed by atoms with Crippen molar-refractivity contribution in [3.05, 3.63) is 29.7 Å². The zero-order chi connectivity index (χ0) is 13.1. The van der Waals surface area contributed by atoms with Gasteiger partial charge in [-0.25, -0.2) is 0 Å². The van der Waals surface area contributed by atoms with E-state index < -0.39 is 0 Å². The molecule has 0 aliphatic carbocycles. The molecule has 96 valence electrons. The number of nitrogens with two attached hydrogens (primary N) is 1. The number of carbonyl (C=O) groups excluding carboxylic acids is 1. The molecule has 0 bridgehead atoms. The molecule has 2 aromatic rings. The summed E-state index contributed by atoms with van der Waals surface area (Å²) in [7, 11) is 0. The second-order valence-corrected chi connectivity index (χ2v) is 4.03. The first-order chi connectivity index (χ1) is 8.63. The molecule has 6 nitrogen and oxygen atoms in total. The number of nitrogens with zero attached hydrogens (tertiary/aromatic N) is 2. The predicted molar refractivity (Wildman–Crippen MR) is 70.4 cm³/mol. The van der Waals surface area contributed by atoms with E-state index in [0.29, 0.717) is 23.7 Å². The molecule has 0 atom stereocenters. The van der Waals surface area contributed by atoms with Crippen molar-refractivity contribution in [2.24, 2.45) is 0 Å². The van der Waals surface area contributed by atoms with Crippen LogP contribution in [-0.2, 0) is 13.0 Å². The van der Waals surface area contributed by atoms with E-state index in [2.05, 4.69) is 15.5 Å². The maximum atomic E-state index is 12.1. The molecule has 0 fully saturated rings. The second-order valence-electron chi connectivity index (χ2n) is 4.03. The van der Waals surface area contributed by atoms with Crippen LogP contribution in [0.3, 0.4) is 0 Å². The van der Waals surface area contributed by atoms with Gasteiger partial charge in [-0.3, -0.25) is 9.89 Å². The number of nitrogens with one attached hydrogen (secondary N) is 2. The summed E-state index contributed by atoms with van der Waals surface area (Å²) in [5, 5.41) is 9.61. The Kier molecular flexibility index (Phi) is 3.36. The van der Waals surface area contributed by atoms with Crippen molar-refractivity contribution < 1.29 is 4.79 Å². The van der Waals surface area contributed by atoms with Crippen molar-refractivity contribution in [1.82, 2.24) is 14.8 Å². The first kappa shape index (κ1) is 12.2. The number of carbonyl (C=O) groups is 1. The first-order valence-corrected chi connectivity index (χ1v) is 5.95. The number of anilines is 2. The van der Waals surface area contributed by atoms with Gasteiger partial charge in [0.25, 0.3) is 5.91 Å². The first-order valence-electron chi connectivity index (χ1n) is 5.95. The lowest BCUT2D eigenvalue weighted by Crippen LogP contribution is -2.16. The van der Waals surface area contributed by atoms with Gasteiger partial charge in [-0.15, -0.1) is 0 Å². The van der Waals surface area contributed by atoms with Crippen molar-refractivity contribution >= 4 is 17.4 Å². The van der Waals surface area contributed by atoms with Gasteiger partial charge in [0.05, 0.1) is 5.69 Å². The Morgan fingerprint density at radius 2 is 2.28 bits per heavy atom. The highest BCUT2D eigenvalue weighted by Crippen LogP contribution is 2.13. The maximum absolute atomic E-state index is 12.1. The maximum Gasteiger partial charge on any atom is 0.273 e. The minimum Gasteiger partial charge on any atom is -0.397 e. The normalized spacial score (nSPS) is 10.6. The lowest BCUT2D eigenvalue weighted by molar-refractivity contribution is 0.101. The third-order valence-corrected chi connectivity index (χ3v) is 2.74. The summed E-state index contributed by atoms with van der Waals surface area (Å²) in [5.74, 6) is 0.321. The molecule has 2 heterocycles. The molecule has 6 heteroatoms. The van der Waals surface area contributed by atoms with Gasteiger partial charge < -0.3 is 15.6 Å². The summed E-state index contributed by atoms with van der Waals surface area (Å²) < 4.78 is 1.80. The van der Waals surface area contributed by atoms with Gasteiger partial charge in [0.1, 0.15) is 5.69 Å².